The van der Waals surface area contributed by atoms with Crippen LogP contribution in [-0.4, -0.2) is 19.1 Å². The van der Waals surface area contributed by atoms with E-state index in [2.05, 4.69) is 5.32 Å². The monoisotopic (exact) mass is 308 g/mol. The number of ether oxygens (including phenoxy) is 2. The van der Waals surface area contributed by atoms with Crippen molar-refractivity contribution in [3.8, 4) is 17.6 Å². The average molecular weight is 308 g/mol. The van der Waals surface area contributed by atoms with E-state index in [0.717, 1.165) is 17.7 Å². The third-order valence-electron chi connectivity index (χ3n) is 3.47. The van der Waals surface area contributed by atoms with Crippen molar-refractivity contribution in [1.82, 2.24) is 0 Å². The molecule has 0 saturated carbocycles. The van der Waals surface area contributed by atoms with Crippen LogP contribution in [0.2, 0.25) is 0 Å². The standard InChI is InChI=1S/C18H16N2O3/c19-12-13-2-5-15(6-3-13)20-18(21)11-14-4-7-16-17(10-14)23-9-1-8-22-16/h2-7,10H,1,8-9,11H2,(H,20,21). The number of hydrogen-bond donors (Lipinski definition) is 1. The zero-order valence-electron chi connectivity index (χ0n) is 12.5. The molecule has 0 spiro atoms. The summed E-state index contributed by atoms with van der Waals surface area (Å²) in [6.45, 7) is 1.26. The molecule has 2 aromatic carbocycles. The van der Waals surface area contributed by atoms with Gasteiger partial charge in [-0.1, -0.05) is 6.07 Å². The summed E-state index contributed by atoms with van der Waals surface area (Å²) in [5, 5.41) is 11.6. The van der Waals surface area contributed by atoms with Crippen molar-refractivity contribution in [2.45, 2.75) is 12.8 Å². The molecular weight excluding hydrogens is 292 g/mol. The van der Waals surface area contributed by atoms with Crippen LogP contribution in [0.1, 0.15) is 17.5 Å². The molecule has 0 fully saturated rings. The maximum absolute atomic E-state index is 12.1. The lowest BCUT2D eigenvalue weighted by Crippen LogP contribution is -2.14. The molecule has 1 aliphatic heterocycles. The highest BCUT2D eigenvalue weighted by molar-refractivity contribution is 5.92. The van der Waals surface area contributed by atoms with E-state index in [0.29, 0.717) is 30.2 Å². The molecule has 23 heavy (non-hydrogen) atoms. The molecule has 116 valence electrons. The summed E-state index contributed by atoms with van der Waals surface area (Å²) in [6, 6.07) is 14.4. The van der Waals surface area contributed by atoms with Gasteiger partial charge in [0.15, 0.2) is 11.5 Å². The smallest absolute Gasteiger partial charge is 0.228 e. The molecule has 2 aromatic rings. The van der Waals surface area contributed by atoms with Gasteiger partial charge >= 0.3 is 0 Å². The molecule has 3 rings (SSSR count). The minimum Gasteiger partial charge on any atom is -0.490 e. The first-order valence-electron chi connectivity index (χ1n) is 7.43. The summed E-state index contributed by atoms with van der Waals surface area (Å²) in [6.07, 6.45) is 1.10. The van der Waals surface area contributed by atoms with Gasteiger partial charge in [-0.05, 0) is 42.0 Å². The highest BCUT2D eigenvalue weighted by Gasteiger charge is 2.12. The van der Waals surface area contributed by atoms with Crippen molar-refractivity contribution in [3.63, 3.8) is 0 Å². The lowest BCUT2D eigenvalue weighted by Gasteiger charge is -2.10. The molecule has 1 N–H and O–H groups in total. The topological polar surface area (TPSA) is 71.4 Å². The molecule has 1 amide bonds. The van der Waals surface area contributed by atoms with Crippen molar-refractivity contribution in [2.75, 3.05) is 18.5 Å². The first-order valence-corrected chi connectivity index (χ1v) is 7.43. The van der Waals surface area contributed by atoms with Crippen LogP contribution in [0.5, 0.6) is 11.5 Å². The zero-order valence-corrected chi connectivity index (χ0v) is 12.5. The lowest BCUT2D eigenvalue weighted by molar-refractivity contribution is -0.115. The predicted molar refractivity (Wildman–Crippen MR) is 85.5 cm³/mol. The molecule has 1 aliphatic rings. The van der Waals surface area contributed by atoms with Gasteiger partial charge in [0, 0.05) is 12.1 Å². The maximum atomic E-state index is 12.1. The minimum absolute atomic E-state index is 0.121. The Kier molecular flexibility index (Phi) is 4.44. The Morgan fingerprint density at radius 1 is 1.09 bits per heavy atom. The molecule has 5 nitrogen and oxygen atoms in total. The van der Waals surface area contributed by atoms with E-state index in [1.807, 2.05) is 24.3 Å². The normalized spacial score (nSPS) is 12.8. The van der Waals surface area contributed by atoms with Crippen LogP contribution >= 0.6 is 0 Å². The quantitative estimate of drug-likeness (QED) is 0.946. The number of carbonyl (C=O) groups is 1. The van der Waals surface area contributed by atoms with Crippen molar-refractivity contribution >= 4 is 11.6 Å². The second kappa shape index (κ2) is 6.84. The zero-order chi connectivity index (χ0) is 16.1. The fourth-order valence-electron chi connectivity index (χ4n) is 2.34. The van der Waals surface area contributed by atoms with Gasteiger partial charge < -0.3 is 14.8 Å². The van der Waals surface area contributed by atoms with Crippen LogP contribution in [-0.2, 0) is 11.2 Å². The molecule has 0 bridgehead atoms. The molecule has 1 heterocycles. The number of nitrogens with zero attached hydrogens (tertiary/aromatic N) is 1. The number of rotatable bonds is 3. The van der Waals surface area contributed by atoms with Crippen molar-refractivity contribution < 1.29 is 14.3 Å². The van der Waals surface area contributed by atoms with Gasteiger partial charge in [-0.25, -0.2) is 0 Å². The second-order valence-corrected chi connectivity index (χ2v) is 5.25. The Hall–Kier alpha value is -3.00. The second-order valence-electron chi connectivity index (χ2n) is 5.25. The van der Waals surface area contributed by atoms with Gasteiger partial charge in [0.2, 0.25) is 5.91 Å². The van der Waals surface area contributed by atoms with E-state index < -0.39 is 0 Å². The van der Waals surface area contributed by atoms with Crippen molar-refractivity contribution in [3.05, 3.63) is 53.6 Å². The summed E-state index contributed by atoms with van der Waals surface area (Å²) in [5.41, 5.74) is 2.09. The van der Waals surface area contributed by atoms with Gasteiger partial charge in [0.05, 0.1) is 31.3 Å². The first-order chi connectivity index (χ1) is 11.2. The molecule has 0 saturated heterocycles. The number of hydrogen-bond acceptors (Lipinski definition) is 4. The van der Waals surface area contributed by atoms with Gasteiger partial charge in [0.1, 0.15) is 0 Å². The van der Waals surface area contributed by atoms with E-state index in [4.69, 9.17) is 14.7 Å². The molecule has 0 atom stereocenters. The van der Waals surface area contributed by atoms with E-state index in [9.17, 15) is 4.79 Å². The number of nitrogens with one attached hydrogen (secondary N) is 1. The summed E-state index contributed by atoms with van der Waals surface area (Å²) >= 11 is 0. The maximum Gasteiger partial charge on any atom is 0.228 e. The highest BCUT2D eigenvalue weighted by atomic mass is 16.5. The van der Waals surface area contributed by atoms with Crippen molar-refractivity contribution in [2.24, 2.45) is 0 Å². The molecular formula is C18H16N2O3. The van der Waals surface area contributed by atoms with E-state index in [1.165, 1.54) is 0 Å². The summed E-state index contributed by atoms with van der Waals surface area (Å²) in [7, 11) is 0. The van der Waals surface area contributed by atoms with Gasteiger partial charge in [0.25, 0.3) is 0 Å². The van der Waals surface area contributed by atoms with E-state index in [1.54, 1.807) is 24.3 Å². The third-order valence-corrected chi connectivity index (χ3v) is 3.47. The summed E-state index contributed by atoms with van der Waals surface area (Å²) in [5.74, 6) is 1.29. The predicted octanol–water partition coefficient (Wildman–Crippen LogP) is 2.90. The van der Waals surface area contributed by atoms with Crippen LogP contribution in [0, 0.1) is 11.3 Å². The number of carbonyl (C=O) groups excluding carboxylic acids is 1. The van der Waals surface area contributed by atoms with Gasteiger partial charge in [-0.15, -0.1) is 0 Å². The Balaban J connectivity index is 1.65. The average Bonchev–Trinajstić information content (AvgIpc) is 2.80. The molecule has 5 heteroatoms. The van der Waals surface area contributed by atoms with Crippen LogP contribution in [0.25, 0.3) is 0 Å². The third kappa shape index (κ3) is 3.80. The Labute approximate surface area is 134 Å². The highest BCUT2D eigenvalue weighted by Crippen LogP contribution is 2.30. The largest absolute Gasteiger partial charge is 0.490 e. The van der Waals surface area contributed by atoms with Crippen LogP contribution in [0.15, 0.2) is 42.5 Å². The Morgan fingerprint density at radius 3 is 2.57 bits per heavy atom. The SMILES string of the molecule is N#Cc1ccc(NC(=O)Cc2ccc3c(c2)OCCCO3)cc1. The number of nitriles is 1. The first kappa shape index (κ1) is 14.9. The number of amides is 1. The van der Waals surface area contributed by atoms with E-state index >= 15 is 0 Å². The molecule has 0 unspecified atom stereocenters. The number of anilines is 1. The molecule has 0 aromatic heterocycles. The fourth-order valence-corrected chi connectivity index (χ4v) is 2.34. The minimum atomic E-state index is -0.121. The lowest BCUT2D eigenvalue weighted by atomic mass is 10.1. The molecule has 0 aliphatic carbocycles. The van der Waals surface area contributed by atoms with Crippen LogP contribution < -0.4 is 14.8 Å². The number of fused-ring (bicyclic) bond motifs is 1. The molecule has 0 radical (unpaired) electrons. The van der Waals surface area contributed by atoms with Gasteiger partial charge in [-0.2, -0.15) is 5.26 Å². The van der Waals surface area contributed by atoms with Crippen LogP contribution in [0.3, 0.4) is 0 Å². The summed E-state index contributed by atoms with van der Waals surface area (Å²) in [4.78, 5) is 12.1. The Bertz CT molecular complexity index is 748. The summed E-state index contributed by atoms with van der Waals surface area (Å²) < 4.78 is 11.2. The Morgan fingerprint density at radius 2 is 1.83 bits per heavy atom. The van der Waals surface area contributed by atoms with Crippen molar-refractivity contribution in [1.29, 1.82) is 5.26 Å². The fraction of sp³-hybridized carbons (Fsp3) is 0.222. The van der Waals surface area contributed by atoms with Crippen LogP contribution in [0.4, 0.5) is 5.69 Å². The van der Waals surface area contributed by atoms with E-state index in [-0.39, 0.29) is 12.3 Å². The number of benzene rings is 2. The van der Waals surface area contributed by atoms with Gasteiger partial charge in [-0.3, -0.25) is 4.79 Å².